The van der Waals surface area contributed by atoms with Crippen LogP contribution < -0.4 is 10.9 Å². The van der Waals surface area contributed by atoms with Crippen molar-refractivity contribution in [2.75, 3.05) is 12.0 Å². The third kappa shape index (κ3) is 5.20. The third-order valence-electron chi connectivity index (χ3n) is 4.06. The summed E-state index contributed by atoms with van der Waals surface area (Å²) in [6.07, 6.45) is 1.76. The molecule has 7 nitrogen and oxygen atoms in total. The normalized spacial score (nSPS) is 11.9. The van der Waals surface area contributed by atoms with Gasteiger partial charge in [-0.15, -0.1) is 0 Å². The number of benzene rings is 1. The molecule has 0 aliphatic carbocycles. The molecule has 1 N–H and O–H groups in total. The number of halogens is 4. The number of hydrogen-bond donors (Lipinski definition) is 1. The first-order chi connectivity index (χ1) is 14.3. The van der Waals surface area contributed by atoms with Gasteiger partial charge in [-0.25, -0.2) is 23.4 Å². The van der Waals surface area contributed by atoms with Gasteiger partial charge in [0.2, 0.25) is 11.9 Å². The van der Waals surface area contributed by atoms with E-state index >= 15 is 0 Å². The molecule has 0 saturated carbocycles. The van der Waals surface area contributed by atoms with Gasteiger partial charge >= 0.3 is 0 Å². The zero-order chi connectivity index (χ0) is 21.8. The van der Waals surface area contributed by atoms with Gasteiger partial charge in [0, 0.05) is 21.1 Å². The Labute approximate surface area is 182 Å². The molecular formula is C19H15F3IN5O2. The van der Waals surface area contributed by atoms with E-state index in [1.54, 1.807) is 13.0 Å². The minimum absolute atomic E-state index is 0.141. The minimum atomic E-state index is -0.764. The Morgan fingerprint density at radius 3 is 2.50 bits per heavy atom. The Bertz CT molecular complexity index is 1120. The van der Waals surface area contributed by atoms with Gasteiger partial charge in [-0.05, 0) is 46.4 Å². The van der Waals surface area contributed by atoms with Crippen LogP contribution in [0.25, 0.3) is 11.1 Å². The van der Waals surface area contributed by atoms with Crippen molar-refractivity contribution in [1.82, 2.24) is 19.7 Å². The van der Waals surface area contributed by atoms with Crippen molar-refractivity contribution in [3.8, 4) is 11.1 Å². The zero-order valence-corrected chi connectivity index (χ0v) is 17.7. The van der Waals surface area contributed by atoms with Gasteiger partial charge < -0.3 is 0 Å². The molecule has 0 spiro atoms. The number of hydrogen-bond acceptors (Lipinski definition) is 5. The Hall–Kier alpha value is -2.83. The maximum Gasteiger partial charge on any atom is 0.267 e. The lowest BCUT2D eigenvalue weighted by Gasteiger charge is -2.15. The lowest BCUT2D eigenvalue weighted by Crippen LogP contribution is -2.31. The van der Waals surface area contributed by atoms with Crippen LogP contribution in [-0.4, -0.2) is 32.3 Å². The highest BCUT2D eigenvalue weighted by Gasteiger charge is 2.19. The summed E-state index contributed by atoms with van der Waals surface area (Å²) in [5, 5.41) is 6.47. The minimum Gasteiger partial charge on any atom is -0.293 e. The number of nitrogens with zero attached hydrogens (tertiary/aromatic N) is 4. The monoisotopic (exact) mass is 529 g/mol. The number of amides is 1. The van der Waals surface area contributed by atoms with Gasteiger partial charge in [0.1, 0.15) is 12.4 Å². The van der Waals surface area contributed by atoms with E-state index in [9.17, 15) is 22.8 Å². The molecular weight excluding hydrogens is 514 g/mol. The number of alkyl halides is 1. The van der Waals surface area contributed by atoms with E-state index in [0.29, 0.717) is 14.7 Å². The molecule has 2 aromatic heterocycles. The lowest BCUT2D eigenvalue weighted by atomic mass is 9.98. The maximum absolute atomic E-state index is 13.8. The van der Waals surface area contributed by atoms with Crippen LogP contribution in [0.5, 0.6) is 0 Å². The third-order valence-corrected chi connectivity index (χ3v) is 4.69. The van der Waals surface area contributed by atoms with Gasteiger partial charge in [0.05, 0.1) is 24.8 Å². The number of nitrogens with one attached hydrogen (secondary N) is 1. The van der Waals surface area contributed by atoms with E-state index in [4.69, 9.17) is 0 Å². The summed E-state index contributed by atoms with van der Waals surface area (Å²) in [6, 6.07) is 5.40. The molecule has 30 heavy (non-hydrogen) atoms. The van der Waals surface area contributed by atoms with Crippen LogP contribution in [0.4, 0.5) is 19.1 Å². The molecule has 2 heterocycles. The molecule has 156 valence electrons. The second-order valence-corrected chi connectivity index (χ2v) is 7.67. The number of carbonyl (C=O) groups excluding carboxylic acids is 1. The van der Waals surface area contributed by atoms with Crippen LogP contribution in [-0.2, 0) is 11.3 Å². The molecule has 11 heteroatoms. The number of aromatic nitrogens is 4. The SMILES string of the molecule is CC(CF)c1nn(CC(=O)Nc2ncc(F)cn2)c(=O)cc1-c1cc(F)cc(I)c1. The largest absolute Gasteiger partial charge is 0.293 e. The van der Waals surface area contributed by atoms with Crippen LogP contribution in [0.3, 0.4) is 0 Å². The van der Waals surface area contributed by atoms with Gasteiger partial charge in [-0.1, -0.05) is 6.92 Å². The van der Waals surface area contributed by atoms with E-state index in [1.807, 2.05) is 22.6 Å². The average Bonchev–Trinajstić information content (AvgIpc) is 2.69. The Kier molecular flexibility index (Phi) is 6.80. The first kappa shape index (κ1) is 21.9. The summed E-state index contributed by atoms with van der Waals surface area (Å²) in [7, 11) is 0. The van der Waals surface area contributed by atoms with Crippen LogP contribution in [0.15, 0.2) is 41.5 Å². The second-order valence-electron chi connectivity index (χ2n) is 6.43. The molecule has 1 unspecified atom stereocenters. The Morgan fingerprint density at radius 2 is 1.87 bits per heavy atom. The number of rotatable bonds is 6. The van der Waals surface area contributed by atoms with Crippen molar-refractivity contribution in [3.63, 3.8) is 0 Å². The summed E-state index contributed by atoms with van der Waals surface area (Å²) in [6.45, 7) is 0.310. The van der Waals surface area contributed by atoms with E-state index < -0.39 is 42.2 Å². The molecule has 0 fully saturated rings. The fourth-order valence-corrected chi connectivity index (χ4v) is 3.31. The van der Waals surface area contributed by atoms with Crippen LogP contribution in [0, 0.1) is 15.2 Å². The maximum atomic E-state index is 13.8. The lowest BCUT2D eigenvalue weighted by molar-refractivity contribution is -0.117. The molecule has 0 bridgehead atoms. The Balaban J connectivity index is 1.95. The molecule has 0 aliphatic rings. The smallest absolute Gasteiger partial charge is 0.267 e. The van der Waals surface area contributed by atoms with Crippen molar-refractivity contribution < 1.29 is 18.0 Å². The van der Waals surface area contributed by atoms with Crippen molar-refractivity contribution >= 4 is 34.4 Å². The van der Waals surface area contributed by atoms with E-state index in [1.165, 1.54) is 18.2 Å². The first-order valence-corrected chi connectivity index (χ1v) is 9.76. The topological polar surface area (TPSA) is 89.8 Å². The van der Waals surface area contributed by atoms with Crippen LogP contribution in [0.1, 0.15) is 18.5 Å². The van der Waals surface area contributed by atoms with Crippen molar-refractivity contribution in [3.05, 3.63) is 67.9 Å². The first-order valence-electron chi connectivity index (χ1n) is 8.68. The van der Waals surface area contributed by atoms with Crippen LogP contribution >= 0.6 is 22.6 Å². The zero-order valence-electron chi connectivity index (χ0n) is 15.6. The Morgan fingerprint density at radius 1 is 1.17 bits per heavy atom. The molecule has 3 rings (SSSR count). The summed E-state index contributed by atoms with van der Waals surface area (Å²) >= 11 is 1.93. The standard InChI is InChI=1S/C19H15F3IN5O2/c1-10(6-20)18-15(11-2-12(21)4-14(23)3-11)5-17(30)28(27-18)9-16(29)26-19-24-7-13(22)8-25-19/h2-5,7-8,10H,6,9H2,1H3,(H,24,25,26,29). The predicted octanol–water partition coefficient (Wildman–Crippen LogP) is 3.29. The molecule has 1 amide bonds. The van der Waals surface area contributed by atoms with Gasteiger partial charge in [-0.2, -0.15) is 5.10 Å². The summed E-state index contributed by atoms with van der Waals surface area (Å²) < 4.78 is 41.6. The van der Waals surface area contributed by atoms with E-state index in [-0.39, 0.29) is 11.6 Å². The van der Waals surface area contributed by atoms with Crippen LogP contribution in [0.2, 0.25) is 0 Å². The molecule has 0 radical (unpaired) electrons. The summed E-state index contributed by atoms with van der Waals surface area (Å²) in [5.41, 5.74) is 0.260. The second kappa shape index (κ2) is 9.32. The highest BCUT2D eigenvalue weighted by atomic mass is 127. The highest BCUT2D eigenvalue weighted by molar-refractivity contribution is 14.1. The average molecular weight is 529 g/mol. The predicted molar refractivity (Wildman–Crippen MR) is 112 cm³/mol. The highest BCUT2D eigenvalue weighted by Crippen LogP contribution is 2.28. The van der Waals surface area contributed by atoms with E-state index in [0.717, 1.165) is 17.1 Å². The van der Waals surface area contributed by atoms with E-state index in [2.05, 4.69) is 20.4 Å². The summed E-state index contributed by atoms with van der Waals surface area (Å²) in [5.74, 6) is -2.69. The van der Waals surface area contributed by atoms with Gasteiger partial charge in [0.25, 0.3) is 5.56 Å². The molecule has 0 aliphatic heterocycles. The fraction of sp³-hybridized carbons (Fsp3) is 0.211. The molecule has 0 saturated heterocycles. The fourth-order valence-electron chi connectivity index (χ4n) is 2.67. The van der Waals surface area contributed by atoms with Crippen molar-refractivity contribution in [2.45, 2.75) is 19.4 Å². The quantitative estimate of drug-likeness (QED) is 0.496. The molecule has 1 atom stereocenters. The molecule has 3 aromatic rings. The summed E-state index contributed by atoms with van der Waals surface area (Å²) in [4.78, 5) is 31.9. The van der Waals surface area contributed by atoms with Gasteiger partial charge in [0.15, 0.2) is 5.82 Å². The van der Waals surface area contributed by atoms with Crippen molar-refractivity contribution in [2.24, 2.45) is 0 Å². The molecule has 1 aromatic carbocycles. The number of anilines is 1. The number of carbonyl (C=O) groups is 1. The van der Waals surface area contributed by atoms with Gasteiger partial charge in [-0.3, -0.25) is 19.3 Å². The van der Waals surface area contributed by atoms with Crippen molar-refractivity contribution in [1.29, 1.82) is 0 Å².